The van der Waals surface area contributed by atoms with Gasteiger partial charge in [0.2, 0.25) is 5.91 Å². The highest BCUT2D eigenvalue weighted by Gasteiger charge is 1.93. The molecule has 0 unspecified atom stereocenters. The molecule has 0 aliphatic carbocycles. The lowest BCUT2D eigenvalue weighted by atomic mass is 10.2. The molecule has 0 aliphatic heterocycles. The number of carbonyl (C=O) groups is 2. The lowest BCUT2D eigenvalue weighted by Crippen LogP contribution is -2.15. The SMILES string of the molecule is C=C/C=C\C(C=O)=C\C(=O)NC. The summed E-state index contributed by atoms with van der Waals surface area (Å²) in [5.74, 6) is -0.300. The van der Waals surface area contributed by atoms with Crippen molar-refractivity contribution >= 4 is 12.2 Å². The van der Waals surface area contributed by atoms with Crippen molar-refractivity contribution < 1.29 is 9.59 Å². The molecule has 0 aromatic rings. The molecule has 0 bridgehead atoms. The van der Waals surface area contributed by atoms with Crippen LogP contribution in [0.15, 0.2) is 36.5 Å². The second-order valence-electron chi connectivity index (χ2n) is 1.97. The van der Waals surface area contributed by atoms with Gasteiger partial charge in [0.05, 0.1) is 0 Å². The van der Waals surface area contributed by atoms with E-state index in [4.69, 9.17) is 0 Å². The summed E-state index contributed by atoms with van der Waals surface area (Å²) in [5.41, 5.74) is 0.314. The Kier molecular flexibility index (Phi) is 5.26. The van der Waals surface area contributed by atoms with Crippen molar-refractivity contribution in [1.82, 2.24) is 5.32 Å². The quantitative estimate of drug-likeness (QED) is 0.376. The molecule has 0 rings (SSSR count). The number of carbonyl (C=O) groups excluding carboxylic acids is 2. The van der Waals surface area contributed by atoms with Crippen LogP contribution < -0.4 is 5.32 Å². The average Bonchev–Trinajstić information content (AvgIpc) is 2.11. The third-order valence-corrected chi connectivity index (χ3v) is 1.11. The molecular formula is C9H11NO2. The minimum Gasteiger partial charge on any atom is -0.356 e. The molecule has 0 saturated heterocycles. The average molecular weight is 165 g/mol. The van der Waals surface area contributed by atoms with Gasteiger partial charge in [0.25, 0.3) is 0 Å². The minimum absolute atomic E-state index is 0.300. The van der Waals surface area contributed by atoms with Crippen LogP contribution >= 0.6 is 0 Å². The number of likely N-dealkylation sites (N-methyl/N-ethyl adjacent to an activating group) is 1. The monoisotopic (exact) mass is 165 g/mol. The van der Waals surface area contributed by atoms with E-state index in [1.165, 1.54) is 25.3 Å². The first kappa shape index (κ1) is 10.4. The van der Waals surface area contributed by atoms with Crippen LogP contribution in [0.25, 0.3) is 0 Å². The van der Waals surface area contributed by atoms with Crippen LogP contribution in [-0.4, -0.2) is 19.2 Å². The highest BCUT2D eigenvalue weighted by Crippen LogP contribution is 1.91. The number of nitrogens with one attached hydrogen (secondary N) is 1. The van der Waals surface area contributed by atoms with Crippen molar-refractivity contribution in [3.63, 3.8) is 0 Å². The van der Waals surface area contributed by atoms with Crippen LogP contribution in [0.1, 0.15) is 0 Å². The smallest absolute Gasteiger partial charge is 0.244 e. The predicted molar refractivity (Wildman–Crippen MR) is 47.6 cm³/mol. The summed E-state index contributed by atoms with van der Waals surface area (Å²) >= 11 is 0. The van der Waals surface area contributed by atoms with Gasteiger partial charge in [0.1, 0.15) is 6.29 Å². The molecule has 0 spiro atoms. The first-order chi connectivity index (χ1) is 5.74. The Morgan fingerprint density at radius 3 is 2.58 bits per heavy atom. The third-order valence-electron chi connectivity index (χ3n) is 1.11. The molecule has 0 aromatic heterocycles. The Hall–Kier alpha value is -1.64. The number of rotatable bonds is 4. The lowest BCUT2D eigenvalue weighted by Gasteiger charge is -1.90. The Labute approximate surface area is 71.5 Å². The molecular weight excluding hydrogens is 154 g/mol. The molecule has 0 saturated carbocycles. The number of allylic oxidation sites excluding steroid dienone is 4. The molecule has 0 heterocycles. The van der Waals surface area contributed by atoms with Crippen LogP contribution in [0, 0.1) is 0 Å². The van der Waals surface area contributed by atoms with Gasteiger partial charge in [-0.05, 0) is 0 Å². The van der Waals surface area contributed by atoms with Crippen molar-refractivity contribution in [2.45, 2.75) is 0 Å². The maximum atomic E-state index is 10.7. The summed E-state index contributed by atoms with van der Waals surface area (Å²) in [6.07, 6.45) is 6.45. The zero-order chi connectivity index (χ0) is 9.40. The summed E-state index contributed by atoms with van der Waals surface area (Å²) in [7, 11) is 1.50. The number of amides is 1. The molecule has 12 heavy (non-hydrogen) atoms. The number of hydrogen-bond donors (Lipinski definition) is 1. The van der Waals surface area contributed by atoms with E-state index in [-0.39, 0.29) is 5.91 Å². The molecule has 3 nitrogen and oxygen atoms in total. The van der Waals surface area contributed by atoms with E-state index in [0.717, 1.165) is 0 Å². The van der Waals surface area contributed by atoms with Crippen molar-refractivity contribution in [1.29, 1.82) is 0 Å². The molecule has 64 valence electrons. The van der Waals surface area contributed by atoms with Gasteiger partial charge in [-0.25, -0.2) is 0 Å². The summed E-state index contributed by atoms with van der Waals surface area (Å²) in [4.78, 5) is 21.1. The molecule has 0 atom stereocenters. The molecule has 0 radical (unpaired) electrons. The number of aldehydes is 1. The van der Waals surface area contributed by atoms with Crippen molar-refractivity contribution in [3.05, 3.63) is 36.5 Å². The van der Waals surface area contributed by atoms with Crippen LogP contribution in [0.4, 0.5) is 0 Å². The van der Waals surface area contributed by atoms with Crippen LogP contribution in [0.2, 0.25) is 0 Å². The first-order valence-electron chi connectivity index (χ1n) is 3.42. The largest absolute Gasteiger partial charge is 0.356 e. The van der Waals surface area contributed by atoms with Crippen LogP contribution in [0.3, 0.4) is 0 Å². The van der Waals surface area contributed by atoms with Crippen molar-refractivity contribution in [2.24, 2.45) is 0 Å². The normalized spacial score (nSPS) is 11.2. The van der Waals surface area contributed by atoms with Gasteiger partial charge < -0.3 is 5.32 Å². The topological polar surface area (TPSA) is 46.2 Å². The van der Waals surface area contributed by atoms with Gasteiger partial charge in [0.15, 0.2) is 0 Å². The second kappa shape index (κ2) is 6.09. The lowest BCUT2D eigenvalue weighted by molar-refractivity contribution is -0.116. The van der Waals surface area contributed by atoms with Gasteiger partial charge in [-0.2, -0.15) is 0 Å². The van der Waals surface area contributed by atoms with E-state index >= 15 is 0 Å². The van der Waals surface area contributed by atoms with E-state index in [1.54, 1.807) is 6.08 Å². The zero-order valence-corrected chi connectivity index (χ0v) is 6.91. The fourth-order valence-electron chi connectivity index (χ4n) is 0.524. The zero-order valence-electron chi connectivity index (χ0n) is 6.91. The van der Waals surface area contributed by atoms with E-state index in [1.807, 2.05) is 0 Å². The highest BCUT2D eigenvalue weighted by molar-refractivity contribution is 5.94. The Morgan fingerprint density at radius 2 is 2.17 bits per heavy atom. The standard InChI is InChI=1S/C9H11NO2/c1-3-4-5-8(7-11)6-9(12)10-2/h3-7H,1H2,2H3,(H,10,12)/b5-4-,8-6-. The Morgan fingerprint density at radius 1 is 1.50 bits per heavy atom. The molecule has 1 amide bonds. The van der Waals surface area contributed by atoms with Crippen molar-refractivity contribution in [2.75, 3.05) is 7.05 Å². The number of hydrogen-bond acceptors (Lipinski definition) is 2. The van der Waals surface area contributed by atoms with Crippen LogP contribution in [-0.2, 0) is 9.59 Å². The van der Waals surface area contributed by atoms with Crippen LogP contribution in [0.5, 0.6) is 0 Å². The Bertz CT molecular complexity index is 239. The van der Waals surface area contributed by atoms with Gasteiger partial charge in [0, 0.05) is 18.7 Å². The minimum atomic E-state index is -0.300. The summed E-state index contributed by atoms with van der Waals surface area (Å²) < 4.78 is 0. The molecule has 0 aliphatic rings. The van der Waals surface area contributed by atoms with E-state index in [9.17, 15) is 9.59 Å². The van der Waals surface area contributed by atoms with Crippen molar-refractivity contribution in [3.8, 4) is 0 Å². The third kappa shape index (κ3) is 4.22. The van der Waals surface area contributed by atoms with Gasteiger partial charge >= 0.3 is 0 Å². The van der Waals surface area contributed by atoms with E-state index in [0.29, 0.717) is 11.9 Å². The second-order valence-corrected chi connectivity index (χ2v) is 1.97. The fourth-order valence-corrected chi connectivity index (χ4v) is 0.524. The fraction of sp³-hybridized carbons (Fsp3) is 0.111. The molecule has 0 fully saturated rings. The van der Waals surface area contributed by atoms with Gasteiger partial charge in [-0.3, -0.25) is 9.59 Å². The molecule has 1 N–H and O–H groups in total. The maximum Gasteiger partial charge on any atom is 0.244 e. The molecule has 3 heteroatoms. The summed E-state index contributed by atoms with van der Waals surface area (Å²) in [6.45, 7) is 3.44. The summed E-state index contributed by atoms with van der Waals surface area (Å²) in [6, 6.07) is 0. The first-order valence-corrected chi connectivity index (χ1v) is 3.42. The van der Waals surface area contributed by atoms with E-state index < -0.39 is 0 Å². The van der Waals surface area contributed by atoms with Gasteiger partial charge in [-0.1, -0.05) is 24.8 Å². The van der Waals surface area contributed by atoms with Gasteiger partial charge in [-0.15, -0.1) is 0 Å². The summed E-state index contributed by atoms with van der Waals surface area (Å²) in [5, 5.41) is 2.37. The predicted octanol–water partition coefficient (Wildman–Crippen LogP) is 0.600. The van der Waals surface area contributed by atoms with E-state index in [2.05, 4.69) is 11.9 Å². The maximum absolute atomic E-state index is 10.7. The highest BCUT2D eigenvalue weighted by atomic mass is 16.1. The Balaban J connectivity index is 4.42. The molecule has 0 aromatic carbocycles.